The highest BCUT2D eigenvalue weighted by Gasteiger charge is 2.08. The van der Waals surface area contributed by atoms with Crippen LogP contribution in [0.2, 0.25) is 0 Å². The number of rotatable bonds is 7. The number of halogens is 1. The molecule has 0 atom stereocenters. The molecule has 8 heteroatoms. The van der Waals surface area contributed by atoms with Crippen LogP contribution >= 0.6 is 0 Å². The van der Waals surface area contributed by atoms with E-state index in [1.807, 2.05) is 6.07 Å². The van der Waals surface area contributed by atoms with E-state index in [4.69, 9.17) is 5.11 Å². The van der Waals surface area contributed by atoms with E-state index in [1.165, 1.54) is 12.1 Å². The van der Waals surface area contributed by atoms with Crippen molar-refractivity contribution in [3.8, 4) is 0 Å². The van der Waals surface area contributed by atoms with Crippen LogP contribution in [0.25, 0.3) is 10.9 Å². The standard InChI is InChI=1S/C15H16FN3O4/c16-11-2-1-10-3-5-19(12(10)7-11)6-4-13(20)17-8-14(21)18-9-15(22)23/h1-3,5,7H,4,6,8-9H2,(H,17,20)(H,18,21)(H,22,23). The van der Waals surface area contributed by atoms with Crippen LogP contribution in [0.15, 0.2) is 30.5 Å². The molecule has 1 heterocycles. The van der Waals surface area contributed by atoms with E-state index in [9.17, 15) is 18.8 Å². The maximum Gasteiger partial charge on any atom is 0.322 e. The van der Waals surface area contributed by atoms with Crippen molar-refractivity contribution < 1.29 is 23.9 Å². The summed E-state index contributed by atoms with van der Waals surface area (Å²) in [5.41, 5.74) is 0.692. The van der Waals surface area contributed by atoms with Crippen LogP contribution < -0.4 is 10.6 Å². The van der Waals surface area contributed by atoms with Crippen LogP contribution in [0.3, 0.4) is 0 Å². The number of carboxylic acid groups (broad SMARTS) is 1. The molecule has 0 aliphatic carbocycles. The Morgan fingerprint density at radius 3 is 2.57 bits per heavy atom. The van der Waals surface area contributed by atoms with E-state index in [2.05, 4.69) is 10.6 Å². The summed E-state index contributed by atoms with van der Waals surface area (Å²) in [5, 5.41) is 13.8. The zero-order valence-corrected chi connectivity index (χ0v) is 12.2. The molecule has 0 spiro atoms. The third-order valence-electron chi connectivity index (χ3n) is 3.20. The Balaban J connectivity index is 1.81. The van der Waals surface area contributed by atoms with Crippen molar-refractivity contribution in [2.75, 3.05) is 13.1 Å². The fourth-order valence-electron chi connectivity index (χ4n) is 2.08. The van der Waals surface area contributed by atoms with E-state index in [0.29, 0.717) is 12.1 Å². The fraction of sp³-hybridized carbons (Fsp3) is 0.267. The summed E-state index contributed by atoms with van der Waals surface area (Å²) in [4.78, 5) is 33.2. The Bertz CT molecular complexity index is 741. The van der Waals surface area contributed by atoms with E-state index >= 15 is 0 Å². The number of hydrogen-bond donors (Lipinski definition) is 3. The molecular weight excluding hydrogens is 305 g/mol. The summed E-state index contributed by atoms with van der Waals surface area (Å²) in [5.74, 6) is -2.43. The van der Waals surface area contributed by atoms with Crippen molar-refractivity contribution in [3.63, 3.8) is 0 Å². The van der Waals surface area contributed by atoms with Gasteiger partial charge in [0, 0.05) is 19.2 Å². The quantitative estimate of drug-likeness (QED) is 0.691. The minimum absolute atomic E-state index is 0.118. The second-order valence-electron chi connectivity index (χ2n) is 4.91. The Morgan fingerprint density at radius 2 is 1.83 bits per heavy atom. The van der Waals surface area contributed by atoms with Crippen LogP contribution in [0.1, 0.15) is 6.42 Å². The smallest absolute Gasteiger partial charge is 0.322 e. The fourth-order valence-corrected chi connectivity index (χ4v) is 2.08. The summed E-state index contributed by atoms with van der Waals surface area (Å²) < 4.78 is 15.0. The van der Waals surface area contributed by atoms with Gasteiger partial charge in [-0.1, -0.05) is 0 Å². The topological polar surface area (TPSA) is 100 Å². The highest BCUT2D eigenvalue weighted by Crippen LogP contribution is 2.17. The van der Waals surface area contributed by atoms with Gasteiger partial charge in [-0.15, -0.1) is 0 Å². The number of amides is 2. The molecule has 0 radical (unpaired) electrons. The molecule has 0 aliphatic rings. The SMILES string of the molecule is O=C(O)CNC(=O)CNC(=O)CCn1ccc2ccc(F)cc21. The van der Waals surface area contributed by atoms with Gasteiger partial charge >= 0.3 is 5.97 Å². The molecule has 0 aliphatic heterocycles. The summed E-state index contributed by atoms with van der Waals surface area (Å²) >= 11 is 0. The van der Waals surface area contributed by atoms with E-state index in [0.717, 1.165) is 5.39 Å². The molecular formula is C15H16FN3O4. The van der Waals surface area contributed by atoms with E-state index < -0.39 is 18.4 Å². The number of aryl methyl sites for hydroxylation is 1. The number of hydrogen-bond acceptors (Lipinski definition) is 3. The maximum absolute atomic E-state index is 13.3. The lowest BCUT2D eigenvalue weighted by atomic mass is 10.2. The third kappa shape index (κ3) is 4.80. The number of aliphatic carboxylic acids is 1. The minimum atomic E-state index is -1.16. The van der Waals surface area contributed by atoms with Crippen molar-refractivity contribution in [1.29, 1.82) is 0 Å². The van der Waals surface area contributed by atoms with Gasteiger partial charge in [-0.05, 0) is 29.7 Å². The lowest BCUT2D eigenvalue weighted by molar-refractivity contribution is -0.137. The Morgan fingerprint density at radius 1 is 1.09 bits per heavy atom. The second-order valence-corrected chi connectivity index (χ2v) is 4.91. The first-order chi connectivity index (χ1) is 11.0. The van der Waals surface area contributed by atoms with Crippen LogP contribution in [-0.4, -0.2) is 40.5 Å². The highest BCUT2D eigenvalue weighted by molar-refractivity contribution is 5.86. The van der Waals surface area contributed by atoms with Gasteiger partial charge in [0.15, 0.2) is 0 Å². The first-order valence-electron chi connectivity index (χ1n) is 6.95. The van der Waals surface area contributed by atoms with Gasteiger partial charge in [-0.25, -0.2) is 4.39 Å². The van der Waals surface area contributed by atoms with E-state index in [1.54, 1.807) is 16.8 Å². The Hall–Kier alpha value is -2.90. The summed E-state index contributed by atoms with van der Waals surface area (Å²) in [7, 11) is 0. The monoisotopic (exact) mass is 321 g/mol. The van der Waals surface area contributed by atoms with E-state index in [-0.39, 0.29) is 24.7 Å². The van der Waals surface area contributed by atoms with Gasteiger partial charge in [0.25, 0.3) is 0 Å². The molecule has 0 unspecified atom stereocenters. The molecule has 2 aromatic rings. The zero-order chi connectivity index (χ0) is 16.8. The van der Waals surface area contributed by atoms with Crippen LogP contribution in [0.5, 0.6) is 0 Å². The number of aromatic nitrogens is 1. The van der Waals surface area contributed by atoms with Crippen molar-refractivity contribution in [3.05, 3.63) is 36.3 Å². The molecule has 3 N–H and O–H groups in total. The molecule has 0 fully saturated rings. The molecule has 0 bridgehead atoms. The molecule has 122 valence electrons. The molecule has 7 nitrogen and oxygen atoms in total. The van der Waals surface area contributed by atoms with Gasteiger partial charge in [0.2, 0.25) is 11.8 Å². The molecule has 23 heavy (non-hydrogen) atoms. The maximum atomic E-state index is 13.3. The predicted octanol–water partition coefficient (Wildman–Crippen LogP) is 0.488. The van der Waals surface area contributed by atoms with Crippen LogP contribution in [0.4, 0.5) is 4.39 Å². The molecule has 2 rings (SSSR count). The van der Waals surface area contributed by atoms with Gasteiger partial charge in [0.1, 0.15) is 12.4 Å². The van der Waals surface area contributed by atoms with Gasteiger partial charge in [-0.2, -0.15) is 0 Å². The van der Waals surface area contributed by atoms with Crippen molar-refractivity contribution in [2.24, 2.45) is 0 Å². The van der Waals surface area contributed by atoms with Crippen molar-refractivity contribution in [2.45, 2.75) is 13.0 Å². The summed E-state index contributed by atoms with van der Waals surface area (Å²) in [6.07, 6.45) is 1.88. The summed E-state index contributed by atoms with van der Waals surface area (Å²) in [6, 6.07) is 6.25. The molecule has 1 aromatic heterocycles. The number of carbonyl (C=O) groups excluding carboxylic acids is 2. The first-order valence-corrected chi connectivity index (χ1v) is 6.95. The van der Waals surface area contributed by atoms with Crippen molar-refractivity contribution in [1.82, 2.24) is 15.2 Å². The average Bonchev–Trinajstić information content (AvgIpc) is 2.91. The number of fused-ring (bicyclic) bond motifs is 1. The van der Waals surface area contributed by atoms with Gasteiger partial charge in [0.05, 0.1) is 12.1 Å². The largest absolute Gasteiger partial charge is 0.480 e. The number of nitrogens with one attached hydrogen (secondary N) is 2. The highest BCUT2D eigenvalue weighted by atomic mass is 19.1. The van der Waals surface area contributed by atoms with Crippen LogP contribution in [-0.2, 0) is 20.9 Å². The third-order valence-corrected chi connectivity index (χ3v) is 3.20. The normalized spacial score (nSPS) is 10.5. The number of nitrogens with zero attached hydrogens (tertiary/aromatic N) is 1. The van der Waals surface area contributed by atoms with Gasteiger partial charge in [-0.3, -0.25) is 14.4 Å². The minimum Gasteiger partial charge on any atom is -0.480 e. The lowest BCUT2D eigenvalue weighted by Gasteiger charge is -2.07. The molecule has 0 saturated heterocycles. The number of carbonyl (C=O) groups is 3. The predicted molar refractivity (Wildman–Crippen MR) is 80.2 cm³/mol. The molecule has 2 amide bonds. The Labute approximate surface area is 131 Å². The zero-order valence-electron chi connectivity index (χ0n) is 12.2. The second kappa shape index (κ2) is 7.39. The molecule has 0 saturated carbocycles. The van der Waals surface area contributed by atoms with Crippen molar-refractivity contribution >= 4 is 28.7 Å². The first kappa shape index (κ1) is 16.5. The van der Waals surface area contributed by atoms with Gasteiger partial charge < -0.3 is 20.3 Å². The summed E-state index contributed by atoms with van der Waals surface area (Å²) in [6.45, 7) is -0.432. The Kier molecular flexibility index (Phi) is 5.29. The number of carboxylic acids is 1. The average molecular weight is 321 g/mol. The van der Waals surface area contributed by atoms with Crippen LogP contribution in [0, 0.1) is 5.82 Å². The molecule has 1 aromatic carbocycles. The number of benzene rings is 1. The lowest BCUT2D eigenvalue weighted by Crippen LogP contribution is -2.39.